The topological polar surface area (TPSA) is 84.4 Å². The first-order chi connectivity index (χ1) is 11.3. The molecule has 0 bridgehead atoms. The molecule has 140 valence electrons. The average Bonchev–Trinajstić information content (AvgIpc) is 3.12. The third-order valence-electron chi connectivity index (χ3n) is 3.35. The molecule has 0 aromatic carbocycles. The number of halogens is 1. The standard InChI is InChI=1S/C16H27N7O.HI/c1-7-17-15(22(5)10-12-8-19-23(6)11-12)18-9-13-20-14(24-21-13)16(2,3)4;/h8,11H,7,9-10H2,1-6H3,(H,17,18);1H. The molecule has 0 saturated carbocycles. The molecule has 2 aromatic rings. The van der Waals surface area contributed by atoms with Crippen LogP contribution in [0.15, 0.2) is 21.9 Å². The molecule has 25 heavy (non-hydrogen) atoms. The van der Waals surface area contributed by atoms with Gasteiger partial charge in [0.15, 0.2) is 11.8 Å². The summed E-state index contributed by atoms with van der Waals surface area (Å²) in [4.78, 5) is 11.1. The predicted molar refractivity (Wildman–Crippen MR) is 108 cm³/mol. The molecule has 0 aliphatic heterocycles. The van der Waals surface area contributed by atoms with Gasteiger partial charge in [0, 0.05) is 44.4 Å². The van der Waals surface area contributed by atoms with Gasteiger partial charge in [-0.1, -0.05) is 25.9 Å². The van der Waals surface area contributed by atoms with Gasteiger partial charge < -0.3 is 14.7 Å². The van der Waals surface area contributed by atoms with E-state index < -0.39 is 0 Å². The van der Waals surface area contributed by atoms with E-state index in [1.165, 1.54) is 0 Å². The number of aromatic nitrogens is 4. The van der Waals surface area contributed by atoms with Gasteiger partial charge in [0.05, 0.1) is 6.20 Å². The van der Waals surface area contributed by atoms with Gasteiger partial charge in [0.1, 0.15) is 6.54 Å². The van der Waals surface area contributed by atoms with Crippen molar-refractivity contribution >= 4 is 29.9 Å². The molecule has 2 rings (SSSR count). The number of rotatable bonds is 5. The van der Waals surface area contributed by atoms with Crippen LogP contribution in [-0.2, 0) is 25.6 Å². The average molecular weight is 461 g/mol. The molecule has 8 nitrogen and oxygen atoms in total. The molecular weight excluding hydrogens is 433 g/mol. The van der Waals surface area contributed by atoms with Gasteiger partial charge in [-0.2, -0.15) is 10.1 Å². The molecule has 0 spiro atoms. The summed E-state index contributed by atoms with van der Waals surface area (Å²) in [5, 5.41) is 11.5. The Hall–Kier alpha value is -1.65. The molecule has 0 amide bonds. The van der Waals surface area contributed by atoms with Crippen molar-refractivity contribution in [3.63, 3.8) is 0 Å². The van der Waals surface area contributed by atoms with Crippen LogP contribution in [0.4, 0.5) is 0 Å². The van der Waals surface area contributed by atoms with Gasteiger partial charge in [0.25, 0.3) is 0 Å². The van der Waals surface area contributed by atoms with E-state index in [0.29, 0.717) is 18.3 Å². The van der Waals surface area contributed by atoms with Crippen molar-refractivity contribution in [2.45, 2.75) is 46.2 Å². The fourth-order valence-corrected chi connectivity index (χ4v) is 2.14. The lowest BCUT2D eigenvalue weighted by Gasteiger charge is -2.21. The van der Waals surface area contributed by atoms with Crippen LogP contribution in [-0.4, -0.2) is 44.4 Å². The number of hydrogen-bond acceptors (Lipinski definition) is 5. The molecule has 9 heteroatoms. The second-order valence-electron chi connectivity index (χ2n) is 6.81. The Balaban J connectivity index is 0.00000312. The fraction of sp³-hybridized carbons (Fsp3) is 0.625. The van der Waals surface area contributed by atoms with Gasteiger partial charge >= 0.3 is 0 Å². The van der Waals surface area contributed by atoms with Crippen molar-refractivity contribution in [3.05, 3.63) is 29.7 Å². The monoisotopic (exact) mass is 461 g/mol. The zero-order valence-electron chi connectivity index (χ0n) is 15.8. The Morgan fingerprint density at radius 3 is 2.64 bits per heavy atom. The Morgan fingerprint density at radius 2 is 2.12 bits per heavy atom. The highest BCUT2D eigenvalue weighted by molar-refractivity contribution is 14.0. The van der Waals surface area contributed by atoms with E-state index in [-0.39, 0.29) is 29.4 Å². The maximum absolute atomic E-state index is 5.30. The minimum absolute atomic E-state index is 0. The van der Waals surface area contributed by atoms with Crippen LogP contribution in [0.25, 0.3) is 0 Å². The number of hydrogen-bond donors (Lipinski definition) is 1. The molecule has 0 saturated heterocycles. The summed E-state index contributed by atoms with van der Waals surface area (Å²) >= 11 is 0. The molecule has 0 aliphatic rings. The summed E-state index contributed by atoms with van der Waals surface area (Å²) in [5.41, 5.74) is 0.969. The van der Waals surface area contributed by atoms with E-state index >= 15 is 0 Å². The lowest BCUT2D eigenvalue weighted by Crippen LogP contribution is -2.38. The molecule has 0 atom stereocenters. The molecule has 1 N–H and O–H groups in total. The largest absolute Gasteiger partial charge is 0.357 e. The number of aliphatic imine (C=N–C) groups is 1. The first-order valence-corrected chi connectivity index (χ1v) is 8.09. The van der Waals surface area contributed by atoms with E-state index in [2.05, 4.69) is 25.5 Å². The van der Waals surface area contributed by atoms with Gasteiger partial charge in [-0.05, 0) is 6.92 Å². The quantitative estimate of drug-likeness (QED) is 0.418. The maximum atomic E-state index is 5.30. The third-order valence-corrected chi connectivity index (χ3v) is 3.35. The van der Waals surface area contributed by atoms with Crippen molar-refractivity contribution in [3.8, 4) is 0 Å². The molecule has 2 aromatic heterocycles. The highest BCUT2D eigenvalue weighted by Crippen LogP contribution is 2.19. The number of nitrogens with one attached hydrogen (secondary N) is 1. The normalized spacial score (nSPS) is 12.0. The van der Waals surface area contributed by atoms with Crippen LogP contribution < -0.4 is 5.32 Å². The Bertz CT molecular complexity index is 687. The molecular formula is C16H28IN7O. The summed E-state index contributed by atoms with van der Waals surface area (Å²) in [7, 11) is 3.90. The van der Waals surface area contributed by atoms with Gasteiger partial charge in [0.2, 0.25) is 5.89 Å². The van der Waals surface area contributed by atoms with Crippen LogP contribution >= 0.6 is 24.0 Å². The highest BCUT2D eigenvalue weighted by atomic mass is 127. The lowest BCUT2D eigenvalue weighted by atomic mass is 9.97. The van der Waals surface area contributed by atoms with Crippen molar-refractivity contribution in [2.75, 3.05) is 13.6 Å². The molecule has 2 heterocycles. The maximum Gasteiger partial charge on any atom is 0.232 e. The fourth-order valence-electron chi connectivity index (χ4n) is 2.14. The minimum Gasteiger partial charge on any atom is -0.357 e. The van der Waals surface area contributed by atoms with Gasteiger partial charge in [-0.25, -0.2) is 4.99 Å². The zero-order valence-corrected chi connectivity index (χ0v) is 18.1. The molecule has 0 fully saturated rings. The third kappa shape index (κ3) is 6.29. The van der Waals surface area contributed by atoms with Crippen LogP contribution in [0, 0.1) is 0 Å². The first-order valence-electron chi connectivity index (χ1n) is 8.09. The first kappa shape index (κ1) is 21.4. The van der Waals surface area contributed by atoms with Crippen LogP contribution in [0.5, 0.6) is 0 Å². The van der Waals surface area contributed by atoms with Crippen LogP contribution in [0.1, 0.15) is 45.0 Å². The van der Waals surface area contributed by atoms with E-state index in [1.54, 1.807) is 4.68 Å². The lowest BCUT2D eigenvalue weighted by molar-refractivity contribution is 0.318. The van der Waals surface area contributed by atoms with Gasteiger partial charge in [-0.3, -0.25) is 4.68 Å². The van der Waals surface area contributed by atoms with Crippen molar-refractivity contribution in [1.82, 2.24) is 30.1 Å². The number of guanidine groups is 1. The minimum atomic E-state index is -0.156. The van der Waals surface area contributed by atoms with Gasteiger partial charge in [-0.15, -0.1) is 24.0 Å². The molecule has 0 unspecified atom stereocenters. The zero-order chi connectivity index (χ0) is 17.7. The van der Waals surface area contributed by atoms with E-state index in [9.17, 15) is 0 Å². The SMILES string of the molecule is CCNC(=NCc1noc(C(C)(C)C)n1)N(C)Cc1cnn(C)c1.I. The van der Waals surface area contributed by atoms with E-state index in [0.717, 1.165) is 24.6 Å². The molecule has 0 radical (unpaired) electrons. The smallest absolute Gasteiger partial charge is 0.232 e. The van der Waals surface area contributed by atoms with Crippen molar-refractivity contribution in [2.24, 2.45) is 12.0 Å². The van der Waals surface area contributed by atoms with Crippen LogP contribution in [0.3, 0.4) is 0 Å². The van der Waals surface area contributed by atoms with E-state index in [4.69, 9.17) is 4.52 Å². The Morgan fingerprint density at radius 1 is 1.40 bits per heavy atom. The summed E-state index contributed by atoms with van der Waals surface area (Å²) in [6, 6.07) is 0. The summed E-state index contributed by atoms with van der Waals surface area (Å²) < 4.78 is 7.10. The summed E-state index contributed by atoms with van der Waals surface area (Å²) in [6.45, 7) is 10.0. The summed E-state index contributed by atoms with van der Waals surface area (Å²) in [6.07, 6.45) is 3.85. The number of aryl methyl sites for hydroxylation is 1. The van der Waals surface area contributed by atoms with E-state index in [1.807, 2.05) is 59.1 Å². The van der Waals surface area contributed by atoms with Crippen LogP contribution in [0.2, 0.25) is 0 Å². The second-order valence-corrected chi connectivity index (χ2v) is 6.81. The van der Waals surface area contributed by atoms with Crippen molar-refractivity contribution in [1.29, 1.82) is 0 Å². The summed E-state index contributed by atoms with van der Waals surface area (Å²) in [5.74, 6) is 2.01. The predicted octanol–water partition coefficient (Wildman–Crippen LogP) is 2.32. The Kier molecular flexibility index (Phi) is 7.84. The second kappa shape index (κ2) is 9.16. The Labute approximate surface area is 166 Å². The van der Waals surface area contributed by atoms with Crippen molar-refractivity contribution < 1.29 is 4.52 Å². The number of nitrogens with zero attached hydrogens (tertiary/aromatic N) is 6. The molecule has 0 aliphatic carbocycles. The highest BCUT2D eigenvalue weighted by Gasteiger charge is 2.21.